The van der Waals surface area contributed by atoms with Gasteiger partial charge in [0.1, 0.15) is 11.6 Å². The standard InChI is InChI=1S/C16H14N4/c1-2-20-10-6-5-9-15(20)12(11-17)16-18-13-7-3-4-8-14(13)19-16/h3-10H,2H2,1H3,(H,18,19)/b15-12+. The molecule has 1 aliphatic rings. The number of likely N-dealkylation sites (N-methyl/N-ethyl adjacent to an activating group) is 1. The Labute approximate surface area is 117 Å². The zero-order chi connectivity index (χ0) is 13.9. The molecular formula is C16H14N4. The van der Waals surface area contributed by atoms with E-state index in [0.29, 0.717) is 11.4 Å². The maximum atomic E-state index is 9.52. The Balaban J connectivity index is 2.16. The van der Waals surface area contributed by atoms with Crippen molar-refractivity contribution in [2.24, 2.45) is 0 Å². The molecule has 1 aromatic carbocycles. The largest absolute Gasteiger partial charge is 0.347 e. The molecule has 1 aliphatic heterocycles. The van der Waals surface area contributed by atoms with Gasteiger partial charge in [-0.3, -0.25) is 0 Å². The lowest BCUT2D eigenvalue weighted by Crippen LogP contribution is -2.18. The number of para-hydroxylation sites is 2. The quantitative estimate of drug-likeness (QED) is 0.845. The van der Waals surface area contributed by atoms with Gasteiger partial charge < -0.3 is 9.88 Å². The van der Waals surface area contributed by atoms with Crippen LogP contribution in [0.5, 0.6) is 0 Å². The van der Waals surface area contributed by atoms with Crippen molar-refractivity contribution in [1.82, 2.24) is 14.9 Å². The van der Waals surface area contributed by atoms with Crippen LogP contribution in [0, 0.1) is 11.3 Å². The summed E-state index contributed by atoms with van der Waals surface area (Å²) in [5.41, 5.74) is 3.24. The van der Waals surface area contributed by atoms with Crippen LogP contribution < -0.4 is 0 Å². The van der Waals surface area contributed by atoms with Crippen LogP contribution >= 0.6 is 0 Å². The predicted octanol–water partition coefficient (Wildman–Crippen LogP) is 3.20. The normalized spacial score (nSPS) is 16.5. The number of nitrogens with zero attached hydrogens (tertiary/aromatic N) is 3. The van der Waals surface area contributed by atoms with Crippen molar-refractivity contribution < 1.29 is 0 Å². The lowest BCUT2D eigenvalue weighted by Gasteiger charge is -2.22. The molecule has 1 aromatic heterocycles. The second-order valence-electron chi connectivity index (χ2n) is 4.46. The summed E-state index contributed by atoms with van der Waals surface area (Å²) in [4.78, 5) is 9.75. The number of H-pyrrole nitrogens is 1. The Bertz CT molecular complexity index is 738. The Kier molecular flexibility index (Phi) is 3.10. The van der Waals surface area contributed by atoms with Gasteiger partial charge in [-0.1, -0.05) is 18.2 Å². The number of aromatic amines is 1. The van der Waals surface area contributed by atoms with Crippen LogP contribution in [-0.4, -0.2) is 21.4 Å². The molecule has 0 radical (unpaired) electrons. The molecule has 4 heteroatoms. The molecule has 0 saturated carbocycles. The number of nitrogens with one attached hydrogen (secondary N) is 1. The number of allylic oxidation sites excluding steroid dienone is 4. The second kappa shape index (κ2) is 5.06. The highest BCUT2D eigenvalue weighted by atomic mass is 15.1. The zero-order valence-corrected chi connectivity index (χ0v) is 11.2. The van der Waals surface area contributed by atoms with Crippen molar-refractivity contribution in [3.05, 3.63) is 60.2 Å². The minimum Gasteiger partial charge on any atom is -0.347 e. The summed E-state index contributed by atoms with van der Waals surface area (Å²) in [6, 6.07) is 10.1. The van der Waals surface area contributed by atoms with Crippen molar-refractivity contribution in [2.75, 3.05) is 6.54 Å². The number of imidazole rings is 1. The van der Waals surface area contributed by atoms with E-state index in [1.54, 1.807) is 0 Å². The van der Waals surface area contributed by atoms with Gasteiger partial charge in [-0.25, -0.2) is 4.98 Å². The topological polar surface area (TPSA) is 55.7 Å². The Hall–Kier alpha value is -2.80. The van der Waals surface area contributed by atoms with Crippen LogP contribution in [0.25, 0.3) is 16.6 Å². The van der Waals surface area contributed by atoms with Crippen LogP contribution in [-0.2, 0) is 0 Å². The fourth-order valence-corrected chi connectivity index (χ4v) is 2.28. The highest BCUT2D eigenvalue weighted by Gasteiger charge is 2.16. The number of aromatic nitrogens is 2. The van der Waals surface area contributed by atoms with Gasteiger partial charge in [0.15, 0.2) is 5.82 Å². The lowest BCUT2D eigenvalue weighted by atomic mass is 10.1. The fraction of sp³-hybridized carbons (Fsp3) is 0.125. The molecule has 1 N–H and O–H groups in total. The minimum absolute atomic E-state index is 0.559. The summed E-state index contributed by atoms with van der Waals surface area (Å²) >= 11 is 0. The molecule has 4 nitrogen and oxygen atoms in total. The average molecular weight is 262 g/mol. The third kappa shape index (κ3) is 1.99. The molecule has 98 valence electrons. The number of benzene rings is 1. The van der Waals surface area contributed by atoms with Gasteiger partial charge in [0, 0.05) is 12.7 Å². The molecule has 0 spiro atoms. The number of fused-ring (bicyclic) bond motifs is 1. The van der Waals surface area contributed by atoms with Crippen molar-refractivity contribution in [3.63, 3.8) is 0 Å². The Morgan fingerprint density at radius 1 is 1.35 bits per heavy atom. The van der Waals surface area contributed by atoms with Gasteiger partial charge in [0.25, 0.3) is 0 Å². The molecule has 2 heterocycles. The van der Waals surface area contributed by atoms with Gasteiger partial charge >= 0.3 is 0 Å². The molecule has 0 unspecified atom stereocenters. The molecular weight excluding hydrogens is 248 g/mol. The second-order valence-corrected chi connectivity index (χ2v) is 4.46. The molecule has 0 bridgehead atoms. The zero-order valence-electron chi connectivity index (χ0n) is 11.2. The first-order valence-electron chi connectivity index (χ1n) is 6.54. The third-order valence-corrected chi connectivity index (χ3v) is 3.28. The number of nitriles is 1. The first-order chi connectivity index (χ1) is 9.83. The summed E-state index contributed by atoms with van der Waals surface area (Å²) in [6.07, 6.45) is 7.80. The molecule has 0 saturated heterocycles. The van der Waals surface area contributed by atoms with Gasteiger partial charge in [-0.05, 0) is 31.2 Å². The molecule has 0 atom stereocenters. The smallest absolute Gasteiger partial charge is 0.151 e. The fourth-order valence-electron chi connectivity index (χ4n) is 2.28. The summed E-state index contributed by atoms with van der Waals surface area (Å²) in [5, 5.41) is 9.52. The number of hydrogen-bond acceptors (Lipinski definition) is 3. The van der Waals surface area contributed by atoms with Crippen LogP contribution in [0.3, 0.4) is 0 Å². The SMILES string of the molecule is CCN1C=CC=C/C1=C(/C#N)c1nc2ccccc2[nH]1. The van der Waals surface area contributed by atoms with Crippen molar-refractivity contribution in [3.8, 4) is 6.07 Å². The van der Waals surface area contributed by atoms with Crippen molar-refractivity contribution in [1.29, 1.82) is 5.26 Å². The van der Waals surface area contributed by atoms with E-state index in [-0.39, 0.29) is 0 Å². The van der Waals surface area contributed by atoms with E-state index < -0.39 is 0 Å². The summed E-state index contributed by atoms with van der Waals surface area (Å²) in [7, 11) is 0. The Morgan fingerprint density at radius 2 is 2.20 bits per heavy atom. The van der Waals surface area contributed by atoms with E-state index in [4.69, 9.17) is 0 Å². The highest BCUT2D eigenvalue weighted by molar-refractivity contribution is 5.84. The molecule has 0 amide bonds. The van der Waals surface area contributed by atoms with Crippen molar-refractivity contribution in [2.45, 2.75) is 6.92 Å². The molecule has 0 fully saturated rings. The summed E-state index contributed by atoms with van der Waals surface area (Å²) in [6.45, 7) is 2.86. The maximum Gasteiger partial charge on any atom is 0.151 e. The van der Waals surface area contributed by atoms with Crippen LogP contribution in [0.4, 0.5) is 0 Å². The van der Waals surface area contributed by atoms with Gasteiger partial charge in [-0.15, -0.1) is 0 Å². The average Bonchev–Trinajstić information content (AvgIpc) is 2.92. The van der Waals surface area contributed by atoms with E-state index >= 15 is 0 Å². The highest BCUT2D eigenvalue weighted by Crippen LogP contribution is 2.24. The maximum absolute atomic E-state index is 9.52. The molecule has 2 aromatic rings. The number of hydrogen-bond donors (Lipinski definition) is 1. The van der Waals surface area contributed by atoms with Gasteiger partial charge in [0.2, 0.25) is 0 Å². The molecule has 20 heavy (non-hydrogen) atoms. The van der Waals surface area contributed by atoms with Crippen molar-refractivity contribution >= 4 is 16.6 Å². The third-order valence-electron chi connectivity index (χ3n) is 3.28. The minimum atomic E-state index is 0.559. The van der Waals surface area contributed by atoms with Crippen LogP contribution in [0.2, 0.25) is 0 Å². The van der Waals surface area contributed by atoms with Gasteiger partial charge in [-0.2, -0.15) is 5.26 Å². The van der Waals surface area contributed by atoms with E-state index in [2.05, 4.69) is 23.0 Å². The number of rotatable bonds is 2. The van der Waals surface area contributed by atoms with Crippen LogP contribution in [0.1, 0.15) is 12.7 Å². The van der Waals surface area contributed by atoms with Crippen LogP contribution in [0.15, 0.2) is 54.4 Å². The van der Waals surface area contributed by atoms with E-state index in [9.17, 15) is 5.26 Å². The van der Waals surface area contributed by atoms with E-state index in [1.165, 1.54) is 0 Å². The Morgan fingerprint density at radius 3 is 2.95 bits per heavy atom. The summed E-state index contributed by atoms with van der Waals surface area (Å²) < 4.78 is 0. The monoisotopic (exact) mass is 262 g/mol. The molecule has 0 aliphatic carbocycles. The van der Waals surface area contributed by atoms with E-state index in [0.717, 1.165) is 23.3 Å². The predicted molar refractivity (Wildman–Crippen MR) is 79.3 cm³/mol. The first-order valence-corrected chi connectivity index (χ1v) is 6.54. The molecule has 3 rings (SSSR count). The van der Waals surface area contributed by atoms with Gasteiger partial charge in [0.05, 0.1) is 16.7 Å². The summed E-state index contributed by atoms with van der Waals surface area (Å²) in [5.74, 6) is 0.613. The first kappa shape index (κ1) is 12.2. The van der Waals surface area contributed by atoms with E-state index in [1.807, 2.05) is 53.6 Å². The lowest BCUT2D eigenvalue weighted by molar-refractivity contribution is 0.505.